The van der Waals surface area contributed by atoms with Crippen molar-refractivity contribution in [1.82, 2.24) is 0 Å². The Kier molecular flexibility index (Phi) is 41.2. The van der Waals surface area contributed by atoms with Gasteiger partial charge in [0.25, 0.3) is 0 Å². The van der Waals surface area contributed by atoms with Crippen LogP contribution in [0.5, 0.6) is 0 Å². The monoisotopic (exact) mass is 571 g/mol. The first-order valence-corrected chi connectivity index (χ1v) is 18.2. The molecule has 0 aromatic carbocycles. The van der Waals surface area contributed by atoms with E-state index >= 15 is 0 Å². The quantitative estimate of drug-likeness (QED) is 0.307. The topological polar surface area (TPSA) is 20.2 Å². The van der Waals surface area contributed by atoms with Gasteiger partial charge in [-0.3, -0.25) is 0 Å². The summed E-state index contributed by atoms with van der Waals surface area (Å²) in [7, 11) is 0. The van der Waals surface area contributed by atoms with Gasteiger partial charge in [0.1, 0.15) is 0 Å². The zero-order chi connectivity index (χ0) is 31.9. The largest absolute Gasteiger partial charge is 0.393 e. The number of aliphatic hydroxyl groups is 1. The molecule has 0 aromatic rings. The third-order valence-electron chi connectivity index (χ3n) is 5.98. The fraction of sp³-hybridized carbons (Fsp3) is 1.00. The normalized spacial score (nSPS) is 18.9. The van der Waals surface area contributed by atoms with Crippen LogP contribution in [0.15, 0.2) is 0 Å². The van der Waals surface area contributed by atoms with Crippen LogP contribution < -0.4 is 0 Å². The molecule has 0 aromatic heterocycles. The lowest BCUT2D eigenvalue weighted by molar-refractivity contribution is 0.130. The molecule has 1 N–H and O–H groups in total. The van der Waals surface area contributed by atoms with Crippen molar-refractivity contribution in [2.45, 2.75) is 213 Å². The third-order valence-corrected chi connectivity index (χ3v) is 5.98. The first kappa shape index (κ1) is 46.9. The van der Waals surface area contributed by atoms with E-state index in [1.165, 1.54) is 89.9 Å². The molecule has 0 saturated heterocycles. The first-order valence-electron chi connectivity index (χ1n) is 18.2. The van der Waals surface area contributed by atoms with Crippen LogP contribution in [0.25, 0.3) is 0 Å². The van der Waals surface area contributed by atoms with Gasteiger partial charge in [-0.25, -0.2) is 0 Å². The minimum absolute atomic E-state index is 0.0359. The molecule has 248 valence electrons. The molecule has 4 fully saturated rings. The number of hydrogen-bond donors (Lipinski definition) is 1. The van der Waals surface area contributed by atoms with Gasteiger partial charge in [-0.05, 0) is 54.3 Å². The fourth-order valence-electron chi connectivity index (χ4n) is 3.68. The van der Waals surface area contributed by atoms with Crippen molar-refractivity contribution in [2.75, 3.05) is 0 Å². The van der Waals surface area contributed by atoms with E-state index in [0.717, 1.165) is 54.3 Å². The van der Waals surface area contributed by atoms with Crippen molar-refractivity contribution >= 4 is 0 Å². The van der Waals surface area contributed by atoms with E-state index in [9.17, 15) is 0 Å². The van der Waals surface area contributed by atoms with Crippen LogP contribution in [0, 0.1) is 41.4 Å². The van der Waals surface area contributed by atoms with Crippen LogP contribution in [0.1, 0.15) is 207 Å². The second kappa shape index (κ2) is 35.2. The van der Waals surface area contributed by atoms with Crippen molar-refractivity contribution in [3.8, 4) is 0 Å². The van der Waals surface area contributed by atoms with Gasteiger partial charge in [0.05, 0.1) is 6.10 Å². The van der Waals surface area contributed by atoms with Gasteiger partial charge in [-0.1, -0.05) is 194 Å². The van der Waals surface area contributed by atoms with Crippen LogP contribution in [-0.4, -0.2) is 11.2 Å². The Morgan fingerprint density at radius 1 is 0.325 bits per heavy atom. The summed E-state index contributed by atoms with van der Waals surface area (Å²) in [5.41, 5.74) is 0. The molecule has 1 nitrogen and oxygen atoms in total. The van der Waals surface area contributed by atoms with Crippen molar-refractivity contribution in [2.24, 2.45) is 41.4 Å². The Hall–Kier alpha value is -0.0400. The number of hydrogen-bond acceptors (Lipinski definition) is 1. The van der Waals surface area contributed by atoms with E-state index in [4.69, 9.17) is 5.11 Å². The van der Waals surface area contributed by atoms with Crippen LogP contribution in [0.3, 0.4) is 0 Å². The molecule has 0 amide bonds. The maximum absolute atomic E-state index is 8.91. The van der Waals surface area contributed by atoms with Crippen molar-refractivity contribution in [1.29, 1.82) is 0 Å². The van der Waals surface area contributed by atoms with E-state index in [2.05, 4.69) is 104 Å². The predicted molar refractivity (Wildman–Crippen MR) is 189 cm³/mol. The van der Waals surface area contributed by atoms with Crippen LogP contribution in [-0.2, 0) is 0 Å². The zero-order valence-electron chi connectivity index (χ0n) is 31.4. The Morgan fingerprint density at radius 3 is 0.575 bits per heavy atom. The Balaban J connectivity index is -0.000000188. The van der Waals surface area contributed by atoms with Gasteiger partial charge in [-0.15, -0.1) is 0 Å². The summed E-state index contributed by atoms with van der Waals surface area (Å²) in [6, 6.07) is 0. The van der Waals surface area contributed by atoms with Crippen LogP contribution >= 0.6 is 0 Å². The predicted octanol–water partition coefficient (Wildman–Crippen LogP) is 14.2. The van der Waals surface area contributed by atoms with E-state index in [-0.39, 0.29) is 6.10 Å². The first-order chi connectivity index (χ1) is 18.5. The Labute approximate surface area is 258 Å². The maximum atomic E-state index is 8.91. The number of rotatable bonds is 0. The lowest BCUT2D eigenvalue weighted by Gasteiger charge is -2.15. The SMILES string of the molecule is CC(C)C.CC(C)C.CC(C)C.CC(C)C.CC1CC1.CC1CCCC1.CC1CCCCC1.OC1CCCCC1. The van der Waals surface area contributed by atoms with E-state index < -0.39 is 0 Å². The molecular formula is C39H86O. The average Bonchev–Trinajstić information content (AvgIpc) is 3.44. The molecule has 0 radical (unpaired) electrons. The zero-order valence-corrected chi connectivity index (χ0v) is 31.4. The van der Waals surface area contributed by atoms with Gasteiger partial charge >= 0.3 is 0 Å². The highest BCUT2D eigenvalue weighted by atomic mass is 16.3. The summed E-state index contributed by atoms with van der Waals surface area (Å²) in [6.07, 6.45) is 22.3. The summed E-state index contributed by atoms with van der Waals surface area (Å²) in [5.74, 6) is 6.50. The molecule has 4 saturated carbocycles. The minimum Gasteiger partial charge on any atom is -0.393 e. The number of aliphatic hydroxyl groups excluding tert-OH is 1. The van der Waals surface area contributed by atoms with Gasteiger partial charge in [-0.2, -0.15) is 0 Å². The maximum Gasteiger partial charge on any atom is 0.0540 e. The lowest BCUT2D eigenvalue weighted by Crippen LogP contribution is -2.09. The molecule has 0 spiro atoms. The van der Waals surface area contributed by atoms with Crippen LogP contribution in [0.4, 0.5) is 0 Å². The summed E-state index contributed by atoms with van der Waals surface area (Å²) < 4.78 is 0. The molecule has 40 heavy (non-hydrogen) atoms. The molecule has 4 rings (SSSR count). The summed E-state index contributed by atoms with van der Waals surface area (Å²) in [4.78, 5) is 0. The van der Waals surface area contributed by atoms with E-state index in [1.807, 2.05) is 0 Å². The highest BCUT2D eigenvalue weighted by Crippen LogP contribution is 2.26. The molecule has 0 aliphatic heterocycles. The summed E-state index contributed by atoms with van der Waals surface area (Å²) in [6.45, 7) is 33.0. The summed E-state index contributed by atoms with van der Waals surface area (Å²) in [5, 5.41) is 8.91. The smallest absolute Gasteiger partial charge is 0.0540 e. The molecule has 0 heterocycles. The lowest BCUT2D eigenvalue weighted by atomic mass is 9.91. The van der Waals surface area contributed by atoms with E-state index in [1.54, 1.807) is 0 Å². The Bertz CT molecular complexity index is 351. The van der Waals surface area contributed by atoms with Gasteiger partial charge in [0.15, 0.2) is 0 Å². The third kappa shape index (κ3) is 76.9. The van der Waals surface area contributed by atoms with Crippen LogP contribution in [0.2, 0.25) is 0 Å². The van der Waals surface area contributed by atoms with Gasteiger partial charge in [0, 0.05) is 0 Å². The molecule has 4 aliphatic carbocycles. The summed E-state index contributed by atoms with van der Waals surface area (Å²) >= 11 is 0. The Morgan fingerprint density at radius 2 is 0.500 bits per heavy atom. The standard InChI is InChI=1S/C7H14.C6H12O.C6H12.C4H8.4C4H10/c1-7-5-3-2-4-6-7;7-6-4-2-1-3-5-6;1-6-4-2-3-5-6;1-4-2-3-4;4*1-4(2)3/h7H,2-6H2,1H3;6-7H,1-5H2;6H,2-5H2,1H3;4H,2-3H2,1H3;4*4H,1-3H3. The molecular weight excluding hydrogens is 484 g/mol. The van der Waals surface area contributed by atoms with Crippen molar-refractivity contribution in [3.63, 3.8) is 0 Å². The minimum atomic E-state index is 0.0359. The molecule has 0 bridgehead atoms. The average molecular weight is 571 g/mol. The highest BCUT2D eigenvalue weighted by Gasteiger charge is 2.12. The molecule has 4 aliphatic rings. The molecule has 1 heteroatoms. The fourth-order valence-corrected chi connectivity index (χ4v) is 3.68. The second-order valence-corrected chi connectivity index (χ2v) is 16.0. The molecule has 0 unspecified atom stereocenters. The molecule has 0 atom stereocenters. The van der Waals surface area contributed by atoms with E-state index in [0.29, 0.717) is 0 Å². The highest BCUT2D eigenvalue weighted by molar-refractivity contribution is 4.65. The second-order valence-electron chi connectivity index (χ2n) is 16.0. The van der Waals surface area contributed by atoms with Gasteiger partial charge in [0.2, 0.25) is 0 Å². The van der Waals surface area contributed by atoms with Crippen molar-refractivity contribution < 1.29 is 5.11 Å². The van der Waals surface area contributed by atoms with Gasteiger partial charge < -0.3 is 5.11 Å². The van der Waals surface area contributed by atoms with Crippen molar-refractivity contribution in [3.05, 3.63) is 0 Å².